The summed E-state index contributed by atoms with van der Waals surface area (Å²) in [6.45, 7) is 5.86. The normalized spacial score (nSPS) is 18.4. The summed E-state index contributed by atoms with van der Waals surface area (Å²) in [7, 11) is 1.60. The number of ether oxygens (including phenoxy) is 3. The van der Waals surface area contributed by atoms with E-state index in [0.717, 1.165) is 11.3 Å². The Kier molecular flexibility index (Phi) is 5.77. The van der Waals surface area contributed by atoms with Crippen molar-refractivity contribution in [2.24, 2.45) is 0 Å². The Morgan fingerprint density at radius 2 is 1.93 bits per heavy atom. The van der Waals surface area contributed by atoms with Crippen molar-refractivity contribution in [1.29, 1.82) is 0 Å². The monoisotopic (exact) mass is 387 g/mol. The molecule has 1 aliphatic heterocycles. The third-order valence-corrected chi connectivity index (χ3v) is 4.75. The molecule has 0 bridgehead atoms. The van der Waals surface area contributed by atoms with Gasteiger partial charge in [-0.25, -0.2) is 4.39 Å². The van der Waals surface area contributed by atoms with E-state index in [9.17, 15) is 9.18 Å². The molecule has 0 aliphatic carbocycles. The number of nitrogens with one attached hydrogen (secondary N) is 1. The number of hydrogen-bond acceptors (Lipinski definition) is 4. The lowest BCUT2D eigenvalue weighted by atomic mass is 9.89. The van der Waals surface area contributed by atoms with Gasteiger partial charge >= 0.3 is 0 Å². The van der Waals surface area contributed by atoms with Crippen molar-refractivity contribution in [3.8, 4) is 17.2 Å². The van der Waals surface area contributed by atoms with E-state index in [2.05, 4.69) is 5.32 Å². The van der Waals surface area contributed by atoms with Gasteiger partial charge in [0.25, 0.3) is 5.91 Å². The van der Waals surface area contributed by atoms with Crippen molar-refractivity contribution in [1.82, 2.24) is 5.32 Å². The van der Waals surface area contributed by atoms with E-state index in [0.29, 0.717) is 24.3 Å². The average Bonchev–Trinajstić information content (AvgIpc) is 2.66. The van der Waals surface area contributed by atoms with E-state index in [1.165, 1.54) is 24.3 Å². The van der Waals surface area contributed by atoms with E-state index >= 15 is 0 Å². The first-order chi connectivity index (χ1) is 13.3. The summed E-state index contributed by atoms with van der Waals surface area (Å²) in [4.78, 5) is 12.9. The Balaban J connectivity index is 1.79. The second kappa shape index (κ2) is 8.09. The van der Waals surface area contributed by atoms with E-state index < -0.39 is 11.7 Å². The molecule has 0 radical (unpaired) electrons. The molecule has 5 nitrogen and oxygen atoms in total. The molecule has 1 amide bonds. The fourth-order valence-electron chi connectivity index (χ4n) is 3.35. The molecule has 2 atom stereocenters. The van der Waals surface area contributed by atoms with Gasteiger partial charge in [0.2, 0.25) is 0 Å². The Morgan fingerprint density at radius 1 is 1.25 bits per heavy atom. The second-order valence-electron chi connectivity index (χ2n) is 7.50. The summed E-state index contributed by atoms with van der Waals surface area (Å²) in [5.41, 5.74) is 0.461. The summed E-state index contributed by atoms with van der Waals surface area (Å²) in [6, 6.07) is 11.0. The van der Waals surface area contributed by atoms with Crippen molar-refractivity contribution < 1.29 is 23.4 Å². The highest BCUT2D eigenvalue weighted by molar-refractivity contribution is 5.81. The van der Waals surface area contributed by atoms with Crippen LogP contribution in [0.15, 0.2) is 42.5 Å². The van der Waals surface area contributed by atoms with E-state index in [4.69, 9.17) is 14.2 Å². The number of hydrogen-bond donors (Lipinski definition) is 1. The smallest absolute Gasteiger partial charge is 0.261 e. The van der Waals surface area contributed by atoms with Gasteiger partial charge < -0.3 is 19.5 Å². The van der Waals surface area contributed by atoms with Gasteiger partial charge in [-0.2, -0.15) is 0 Å². The summed E-state index contributed by atoms with van der Waals surface area (Å²) < 4.78 is 30.2. The van der Waals surface area contributed by atoms with Crippen molar-refractivity contribution in [2.75, 3.05) is 7.11 Å². The zero-order valence-corrected chi connectivity index (χ0v) is 16.6. The number of amides is 1. The maximum absolute atomic E-state index is 13.1. The second-order valence-corrected chi connectivity index (χ2v) is 7.50. The highest BCUT2D eigenvalue weighted by Gasteiger charge is 2.36. The van der Waals surface area contributed by atoms with Crippen molar-refractivity contribution >= 4 is 5.91 Å². The Bertz CT molecular complexity index is 835. The van der Waals surface area contributed by atoms with Gasteiger partial charge in [0.1, 0.15) is 28.7 Å². The Morgan fingerprint density at radius 3 is 2.57 bits per heavy atom. The van der Waals surface area contributed by atoms with E-state index in [-0.39, 0.29) is 17.8 Å². The lowest BCUT2D eigenvalue weighted by Gasteiger charge is -2.38. The van der Waals surface area contributed by atoms with Gasteiger partial charge in [0, 0.05) is 12.0 Å². The number of halogens is 1. The number of rotatable bonds is 6. The van der Waals surface area contributed by atoms with Gasteiger partial charge in [-0.3, -0.25) is 4.79 Å². The van der Waals surface area contributed by atoms with Crippen LogP contribution in [0.5, 0.6) is 17.2 Å². The molecule has 1 N–H and O–H groups in total. The van der Waals surface area contributed by atoms with Crippen LogP contribution in [-0.2, 0) is 4.79 Å². The Labute approximate surface area is 164 Å². The summed E-state index contributed by atoms with van der Waals surface area (Å²) in [5, 5.41) is 3.09. The number of methoxy groups -OCH3 is 1. The van der Waals surface area contributed by atoms with E-state index in [1.807, 2.05) is 39.0 Å². The first-order valence-corrected chi connectivity index (χ1v) is 9.41. The topological polar surface area (TPSA) is 56.8 Å². The molecule has 28 heavy (non-hydrogen) atoms. The molecule has 3 rings (SSSR count). The molecule has 0 fully saturated rings. The lowest BCUT2D eigenvalue weighted by Crippen LogP contribution is -2.45. The summed E-state index contributed by atoms with van der Waals surface area (Å²) in [6.07, 6.45) is 0.428. The zero-order chi connectivity index (χ0) is 20.3. The minimum Gasteiger partial charge on any atom is -0.497 e. The largest absolute Gasteiger partial charge is 0.497 e. The van der Waals surface area contributed by atoms with Crippen LogP contribution in [0, 0.1) is 5.82 Å². The molecule has 0 saturated carbocycles. The van der Waals surface area contributed by atoms with Gasteiger partial charge in [-0.15, -0.1) is 0 Å². The molecule has 2 unspecified atom stereocenters. The zero-order valence-electron chi connectivity index (χ0n) is 16.6. The van der Waals surface area contributed by atoms with Gasteiger partial charge in [0.05, 0.1) is 13.2 Å². The minimum atomic E-state index is -0.675. The van der Waals surface area contributed by atoms with Crippen LogP contribution in [0.1, 0.15) is 45.2 Å². The third-order valence-electron chi connectivity index (χ3n) is 4.75. The molecule has 0 aromatic heterocycles. The predicted octanol–water partition coefficient (Wildman–Crippen LogP) is 4.41. The molecule has 2 aromatic rings. The molecule has 1 heterocycles. The van der Waals surface area contributed by atoms with Crippen LogP contribution in [0.2, 0.25) is 0 Å². The van der Waals surface area contributed by atoms with Crippen molar-refractivity contribution in [3.05, 3.63) is 53.8 Å². The van der Waals surface area contributed by atoms with Crippen LogP contribution in [0.25, 0.3) is 0 Å². The molecule has 0 spiro atoms. The van der Waals surface area contributed by atoms with Gasteiger partial charge in [0.15, 0.2) is 6.10 Å². The molecule has 6 heteroatoms. The van der Waals surface area contributed by atoms with Crippen LogP contribution < -0.4 is 19.5 Å². The SMILES string of the molecule is CCC(Oc1ccc(F)cc1)C(=O)NC1CC(C)(C)Oc2ccc(OC)cc21. The maximum Gasteiger partial charge on any atom is 0.261 e. The summed E-state index contributed by atoms with van der Waals surface area (Å²) in [5.74, 6) is 1.33. The van der Waals surface area contributed by atoms with Crippen LogP contribution >= 0.6 is 0 Å². The maximum atomic E-state index is 13.1. The minimum absolute atomic E-state index is 0.219. The lowest BCUT2D eigenvalue weighted by molar-refractivity contribution is -0.129. The number of carbonyl (C=O) groups is 1. The highest BCUT2D eigenvalue weighted by atomic mass is 19.1. The van der Waals surface area contributed by atoms with Crippen LogP contribution in [0.4, 0.5) is 4.39 Å². The Hall–Kier alpha value is -2.76. The molecule has 1 aliphatic rings. The fourth-order valence-corrected chi connectivity index (χ4v) is 3.35. The molecule has 2 aromatic carbocycles. The fraction of sp³-hybridized carbons (Fsp3) is 0.409. The quantitative estimate of drug-likeness (QED) is 0.798. The van der Waals surface area contributed by atoms with Gasteiger partial charge in [-0.05, 0) is 62.7 Å². The number of fused-ring (bicyclic) bond motifs is 1. The highest BCUT2D eigenvalue weighted by Crippen LogP contribution is 2.41. The predicted molar refractivity (Wildman–Crippen MR) is 104 cm³/mol. The molecular formula is C22H26FNO4. The van der Waals surface area contributed by atoms with Gasteiger partial charge in [-0.1, -0.05) is 6.92 Å². The standard InChI is InChI=1S/C22H26FNO4/c1-5-19(27-15-8-6-14(23)7-9-15)21(25)24-18-13-22(2,3)28-20-11-10-16(26-4)12-17(18)20/h6-12,18-19H,5,13H2,1-4H3,(H,24,25). The van der Waals surface area contributed by atoms with Crippen LogP contribution in [0.3, 0.4) is 0 Å². The van der Waals surface area contributed by atoms with Crippen molar-refractivity contribution in [3.63, 3.8) is 0 Å². The van der Waals surface area contributed by atoms with Crippen molar-refractivity contribution in [2.45, 2.75) is 51.4 Å². The number of carbonyl (C=O) groups excluding carboxylic acids is 1. The van der Waals surface area contributed by atoms with Crippen LogP contribution in [-0.4, -0.2) is 24.7 Å². The van der Waals surface area contributed by atoms with E-state index in [1.54, 1.807) is 7.11 Å². The average molecular weight is 387 g/mol. The third kappa shape index (κ3) is 4.55. The molecular weight excluding hydrogens is 361 g/mol. The summed E-state index contributed by atoms with van der Waals surface area (Å²) >= 11 is 0. The first kappa shape index (κ1) is 20.0. The first-order valence-electron chi connectivity index (χ1n) is 9.41. The number of benzene rings is 2. The molecule has 150 valence electrons. The molecule has 0 saturated heterocycles.